The largest absolute Gasteiger partial charge is 0.310 e. The van der Waals surface area contributed by atoms with Crippen LogP contribution in [0.1, 0.15) is 0 Å². The Morgan fingerprint density at radius 1 is 0.220 bits per heavy atom. The van der Waals surface area contributed by atoms with Crippen LogP contribution in [0.3, 0.4) is 0 Å². The Hall–Kier alpha value is -12.7. The molecule has 0 fully saturated rings. The van der Waals surface area contributed by atoms with Gasteiger partial charge in [-0.1, -0.05) is 218 Å². The standard InChI is InChI=1S/C49H33N3S.C43H29N3S/c1-3-12-34(13-4-1)36-22-28-39(29-23-36)51(40-30-24-37(25-31-40)35-14-5-2-6-15-35)45-19-11-20-46-48(45)42-16-7-9-18-44(42)52(46)41-32-26-38(27-33-41)49-50-43-17-8-10-21-47(43)53-49;1-3-12-30(13-4-1)31-22-26-34(27-23-31)45(33-14-5-2-6-15-33)39-19-11-20-40-42(39)36-16-7-9-18-38(36)46(40)35-28-24-32(25-29-35)43-44-37-17-8-10-21-41(37)47-43/h1-33H;1-29H. The number of para-hydroxylation sites is 5. The summed E-state index contributed by atoms with van der Waals surface area (Å²) in [5, 5.41) is 6.93. The number of hydrogen-bond donors (Lipinski definition) is 0. The quantitative estimate of drug-likeness (QED) is 0.115. The van der Waals surface area contributed by atoms with Gasteiger partial charge in [-0.2, -0.15) is 0 Å². The maximum Gasteiger partial charge on any atom is 0.124 e. The van der Waals surface area contributed by atoms with E-state index in [1.54, 1.807) is 22.7 Å². The molecule has 0 N–H and O–H groups in total. The Kier molecular flexibility index (Phi) is 15.5. The van der Waals surface area contributed by atoms with Crippen molar-refractivity contribution in [2.45, 2.75) is 0 Å². The van der Waals surface area contributed by atoms with Crippen LogP contribution in [0.25, 0.3) is 130 Å². The molecule has 0 amide bonds. The van der Waals surface area contributed by atoms with Gasteiger partial charge in [-0.25, -0.2) is 9.97 Å². The molecule has 19 rings (SSSR count). The van der Waals surface area contributed by atoms with E-state index in [0.29, 0.717) is 0 Å². The van der Waals surface area contributed by atoms with E-state index in [4.69, 9.17) is 9.97 Å². The van der Waals surface area contributed by atoms with E-state index in [0.717, 1.165) is 83.2 Å². The Morgan fingerprint density at radius 3 is 0.880 bits per heavy atom. The third-order valence-corrected chi connectivity index (χ3v) is 21.0. The number of hydrogen-bond acceptors (Lipinski definition) is 6. The molecule has 0 bridgehead atoms. The summed E-state index contributed by atoms with van der Waals surface area (Å²) in [6, 6.07) is 134. The molecule has 0 atom stereocenters. The normalized spacial score (nSPS) is 11.4. The number of fused-ring (bicyclic) bond motifs is 8. The number of aromatic nitrogens is 4. The van der Waals surface area contributed by atoms with Crippen molar-refractivity contribution in [2.75, 3.05) is 9.80 Å². The van der Waals surface area contributed by atoms with Crippen LogP contribution in [0, 0.1) is 0 Å². The maximum atomic E-state index is 4.92. The predicted octanol–water partition coefficient (Wildman–Crippen LogP) is 26.1. The van der Waals surface area contributed by atoms with Gasteiger partial charge in [0.2, 0.25) is 0 Å². The van der Waals surface area contributed by atoms with Gasteiger partial charge in [0, 0.05) is 66.8 Å². The average molecular weight is 1320 g/mol. The van der Waals surface area contributed by atoms with Crippen LogP contribution in [0.15, 0.2) is 376 Å². The zero-order valence-corrected chi connectivity index (χ0v) is 55.9. The second-order valence-corrected chi connectivity index (χ2v) is 26.9. The summed E-state index contributed by atoms with van der Waals surface area (Å²) in [4.78, 5) is 14.6. The van der Waals surface area contributed by atoms with Gasteiger partial charge in [-0.05, 0) is 191 Å². The van der Waals surface area contributed by atoms with Gasteiger partial charge >= 0.3 is 0 Å². The van der Waals surface area contributed by atoms with E-state index < -0.39 is 0 Å². The SMILES string of the molecule is c1ccc(-c2ccc(N(c3ccc(-c4ccccc4)cc3)c3cccc4c3c3ccccc3n4-c3ccc(-c4nc5ccccc5s4)cc3)cc2)cc1.c1ccc(-c2ccc(N(c3ccccc3)c3cccc4c3c3ccccc3n4-c3ccc(-c4nc5ccccc5s4)cc3)cc2)cc1. The van der Waals surface area contributed by atoms with Crippen molar-refractivity contribution in [1.82, 2.24) is 19.1 Å². The summed E-state index contributed by atoms with van der Waals surface area (Å²) in [5.41, 5.74) is 25.1. The Morgan fingerprint density at radius 2 is 0.510 bits per heavy atom. The van der Waals surface area contributed by atoms with E-state index in [1.165, 1.54) is 80.9 Å². The van der Waals surface area contributed by atoms with Crippen molar-refractivity contribution in [3.05, 3.63) is 376 Å². The topological polar surface area (TPSA) is 42.1 Å². The maximum absolute atomic E-state index is 4.92. The fourth-order valence-electron chi connectivity index (χ4n) is 14.2. The zero-order chi connectivity index (χ0) is 66.3. The molecule has 6 nitrogen and oxygen atoms in total. The van der Waals surface area contributed by atoms with Gasteiger partial charge < -0.3 is 18.9 Å². The van der Waals surface area contributed by atoms with Crippen molar-refractivity contribution in [2.24, 2.45) is 0 Å². The molecule has 15 aromatic carbocycles. The molecule has 0 spiro atoms. The van der Waals surface area contributed by atoms with Gasteiger partial charge in [0.05, 0.1) is 53.9 Å². The van der Waals surface area contributed by atoms with Gasteiger partial charge in [0.1, 0.15) is 10.0 Å². The van der Waals surface area contributed by atoms with Crippen molar-refractivity contribution in [3.8, 4) is 65.9 Å². The lowest BCUT2D eigenvalue weighted by molar-refractivity contribution is 1.18. The third-order valence-electron chi connectivity index (χ3n) is 18.9. The zero-order valence-electron chi connectivity index (χ0n) is 54.3. The molecule has 8 heteroatoms. The van der Waals surface area contributed by atoms with E-state index in [1.807, 2.05) is 12.1 Å². The summed E-state index contributed by atoms with van der Waals surface area (Å²) < 4.78 is 7.19. The fourth-order valence-corrected chi connectivity index (χ4v) is 16.1. The molecular formula is C92H62N6S2. The van der Waals surface area contributed by atoms with Gasteiger partial charge in [-0.3, -0.25) is 0 Å². The first kappa shape index (κ1) is 59.7. The molecule has 0 aliphatic heterocycles. The summed E-state index contributed by atoms with van der Waals surface area (Å²) in [7, 11) is 0. The van der Waals surface area contributed by atoms with Crippen LogP contribution in [-0.4, -0.2) is 19.1 Å². The highest BCUT2D eigenvalue weighted by atomic mass is 32.1. The molecule has 0 aliphatic rings. The lowest BCUT2D eigenvalue weighted by Crippen LogP contribution is -2.10. The number of thiazole rings is 2. The second kappa shape index (κ2) is 26.0. The molecule has 4 aromatic heterocycles. The third kappa shape index (κ3) is 11.1. The van der Waals surface area contributed by atoms with Crippen LogP contribution in [0.2, 0.25) is 0 Å². The Balaban J connectivity index is 0.000000145. The summed E-state index contributed by atoms with van der Waals surface area (Å²) in [6.07, 6.45) is 0. The van der Waals surface area contributed by atoms with Crippen LogP contribution in [0.5, 0.6) is 0 Å². The number of rotatable bonds is 13. The summed E-state index contributed by atoms with van der Waals surface area (Å²) in [6.45, 7) is 0. The second-order valence-electron chi connectivity index (χ2n) is 24.9. The Bertz CT molecular complexity index is 5960. The number of nitrogens with zero attached hydrogens (tertiary/aromatic N) is 6. The number of benzene rings is 15. The molecular weight excluding hydrogens is 1250 g/mol. The van der Waals surface area contributed by atoms with E-state index >= 15 is 0 Å². The molecule has 472 valence electrons. The minimum atomic E-state index is 1.04. The van der Waals surface area contributed by atoms with Crippen LogP contribution in [-0.2, 0) is 0 Å². The highest BCUT2D eigenvalue weighted by molar-refractivity contribution is 7.22. The molecule has 4 heterocycles. The van der Waals surface area contributed by atoms with Crippen molar-refractivity contribution < 1.29 is 0 Å². The average Bonchev–Trinajstić information content (AvgIpc) is 1.49. The first-order valence-electron chi connectivity index (χ1n) is 33.7. The van der Waals surface area contributed by atoms with Crippen LogP contribution in [0.4, 0.5) is 34.1 Å². The minimum Gasteiger partial charge on any atom is -0.310 e. The van der Waals surface area contributed by atoms with Crippen LogP contribution >= 0.6 is 22.7 Å². The molecule has 19 aromatic rings. The molecule has 0 unspecified atom stereocenters. The van der Waals surface area contributed by atoms with Gasteiger partial charge in [0.25, 0.3) is 0 Å². The lowest BCUT2D eigenvalue weighted by atomic mass is 10.0. The van der Waals surface area contributed by atoms with Crippen molar-refractivity contribution in [3.63, 3.8) is 0 Å². The minimum absolute atomic E-state index is 1.04. The van der Waals surface area contributed by atoms with E-state index in [-0.39, 0.29) is 0 Å². The summed E-state index contributed by atoms with van der Waals surface area (Å²) >= 11 is 3.47. The lowest BCUT2D eigenvalue weighted by Gasteiger charge is -2.27. The van der Waals surface area contributed by atoms with Crippen molar-refractivity contribution >= 4 is 121 Å². The fraction of sp³-hybridized carbons (Fsp3) is 0. The monoisotopic (exact) mass is 1310 g/mol. The van der Waals surface area contributed by atoms with Crippen LogP contribution < -0.4 is 9.80 Å². The van der Waals surface area contributed by atoms with E-state index in [2.05, 4.69) is 383 Å². The smallest absolute Gasteiger partial charge is 0.124 e. The first-order valence-corrected chi connectivity index (χ1v) is 35.3. The highest BCUT2D eigenvalue weighted by Gasteiger charge is 2.24. The van der Waals surface area contributed by atoms with Gasteiger partial charge in [0.15, 0.2) is 0 Å². The first-order chi connectivity index (χ1) is 49.6. The van der Waals surface area contributed by atoms with Gasteiger partial charge in [-0.15, -0.1) is 22.7 Å². The molecule has 100 heavy (non-hydrogen) atoms. The number of anilines is 6. The van der Waals surface area contributed by atoms with E-state index in [9.17, 15) is 0 Å². The molecule has 0 saturated heterocycles. The molecule has 0 radical (unpaired) electrons. The predicted molar refractivity (Wildman–Crippen MR) is 424 cm³/mol. The molecule has 0 saturated carbocycles. The highest BCUT2D eigenvalue weighted by Crippen LogP contribution is 2.47. The summed E-state index contributed by atoms with van der Waals surface area (Å²) in [5.74, 6) is 0. The molecule has 0 aliphatic carbocycles. The van der Waals surface area contributed by atoms with Crippen molar-refractivity contribution in [1.29, 1.82) is 0 Å². The Labute approximate surface area is 587 Å².